The van der Waals surface area contributed by atoms with Gasteiger partial charge in [0, 0.05) is 30.1 Å². The van der Waals surface area contributed by atoms with E-state index in [9.17, 15) is 4.79 Å². The number of rotatable bonds is 2. The molecule has 1 amide bonds. The van der Waals surface area contributed by atoms with Crippen molar-refractivity contribution in [2.75, 3.05) is 32.6 Å². The van der Waals surface area contributed by atoms with Gasteiger partial charge >= 0.3 is 0 Å². The summed E-state index contributed by atoms with van der Waals surface area (Å²) in [4.78, 5) is 12.1. The van der Waals surface area contributed by atoms with Gasteiger partial charge < -0.3 is 20.1 Å². The van der Waals surface area contributed by atoms with Gasteiger partial charge in [0.1, 0.15) is 0 Å². The summed E-state index contributed by atoms with van der Waals surface area (Å²) >= 11 is 0. The fourth-order valence-corrected chi connectivity index (χ4v) is 3.03. The van der Waals surface area contributed by atoms with Gasteiger partial charge in [-0.3, -0.25) is 4.79 Å². The van der Waals surface area contributed by atoms with E-state index in [1.54, 1.807) is 14.2 Å². The molecule has 0 saturated carbocycles. The molecule has 0 radical (unpaired) electrons. The van der Waals surface area contributed by atoms with E-state index in [0.717, 1.165) is 30.8 Å². The number of hydrogen-bond acceptors (Lipinski definition) is 4. The lowest BCUT2D eigenvalue weighted by Crippen LogP contribution is -2.44. The van der Waals surface area contributed by atoms with Crippen molar-refractivity contribution in [3.63, 3.8) is 0 Å². The van der Waals surface area contributed by atoms with Crippen molar-refractivity contribution in [1.29, 1.82) is 0 Å². The van der Waals surface area contributed by atoms with Gasteiger partial charge in [-0.25, -0.2) is 0 Å². The highest BCUT2D eigenvalue weighted by Crippen LogP contribution is 2.43. The Bertz CT molecular complexity index is 516. The summed E-state index contributed by atoms with van der Waals surface area (Å²) in [6.07, 6.45) is 0.879. The molecular formula is C14H18N2O3. The zero-order chi connectivity index (χ0) is 13.4. The maximum atomic E-state index is 12.1. The molecule has 2 atom stereocenters. The average molecular weight is 262 g/mol. The zero-order valence-corrected chi connectivity index (χ0v) is 11.2. The summed E-state index contributed by atoms with van der Waals surface area (Å²) in [5.74, 6) is 1.75. The number of carbonyl (C=O) groups is 1. The Kier molecular flexibility index (Phi) is 3.06. The summed E-state index contributed by atoms with van der Waals surface area (Å²) in [5, 5.41) is 6.34. The molecule has 5 nitrogen and oxygen atoms in total. The smallest absolute Gasteiger partial charge is 0.228 e. The predicted octanol–water partition coefficient (Wildman–Crippen LogP) is 1.35. The van der Waals surface area contributed by atoms with E-state index in [-0.39, 0.29) is 17.7 Å². The molecule has 1 fully saturated rings. The topological polar surface area (TPSA) is 59.6 Å². The Morgan fingerprint density at radius 1 is 1.16 bits per heavy atom. The Balaban J connectivity index is 2.08. The number of anilines is 1. The molecule has 0 aromatic heterocycles. The molecule has 102 valence electrons. The first-order chi connectivity index (χ1) is 9.24. The Hall–Kier alpha value is -1.75. The molecule has 3 rings (SSSR count). The number of ether oxygens (including phenoxy) is 2. The SMILES string of the molecule is COc1cc2c(cc1OC)C1CNCCC1C(=O)N2. The van der Waals surface area contributed by atoms with Crippen LogP contribution in [-0.4, -0.2) is 33.2 Å². The number of methoxy groups -OCH3 is 2. The molecule has 2 heterocycles. The molecule has 19 heavy (non-hydrogen) atoms. The first-order valence-corrected chi connectivity index (χ1v) is 6.52. The van der Waals surface area contributed by atoms with Gasteiger partial charge in [0.25, 0.3) is 0 Å². The summed E-state index contributed by atoms with van der Waals surface area (Å²) in [6, 6.07) is 3.83. The van der Waals surface area contributed by atoms with E-state index >= 15 is 0 Å². The Morgan fingerprint density at radius 3 is 2.63 bits per heavy atom. The lowest BCUT2D eigenvalue weighted by atomic mass is 9.77. The first-order valence-electron chi connectivity index (χ1n) is 6.52. The van der Waals surface area contributed by atoms with Gasteiger partial charge in [0.2, 0.25) is 5.91 Å². The number of nitrogens with one attached hydrogen (secondary N) is 2. The largest absolute Gasteiger partial charge is 0.493 e. The number of piperidine rings is 1. The minimum Gasteiger partial charge on any atom is -0.493 e. The second kappa shape index (κ2) is 4.74. The number of benzene rings is 1. The highest BCUT2D eigenvalue weighted by atomic mass is 16.5. The van der Waals surface area contributed by atoms with Gasteiger partial charge in [0.05, 0.1) is 14.2 Å². The van der Waals surface area contributed by atoms with Crippen molar-refractivity contribution in [2.45, 2.75) is 12.3 Å². The normalized spacial score (nSPS) is 25.1. The van der Waals surface area contributed by atoms with Gasteiger partial charge in [-0.15, -0.1) is 0 Å². The Morgan fingerprint density at radius 2 is 1.89 bits per heavy atom. The van der Waals surface area contributed by atoms with Gasteiger partial charge in [-0.05, 0) is 24.6 Å². The second-order valence-corrected chi connectivity index (χ2v) is 4.99. The summed E-state index contributed by atoms with van der Waals surface area (Å²) in [5.41, 5.74) is 1.97. The quantitative estimate of drug-likeness (QED) is 0.844. The van der Waals surface area contributed by atoms with Crippen LogP contribution in [0.25, 0.3) is 0 Å². The van der Waals surface area contributed by atoms with Crippen molar-refractivity contribution in [3.05, 3.63) is 17.7 Å². The average Bonchev–Trinajstić information content (AvgIpc) is 2.46. The van der Waals surface area contributed by atoms with Crippen LogP contribution in [0.5, 0.6) is 11.5 Å². The highest BCUT2D eigenvalue weighted by Gasteiger charge is 2.38. The lowest BCUT2D eigenvalue weighted by molar-refractivity contribution is -0.121. The fraction of sp³-hybridized carbons (Fsp3) is 0.500. The predicted molar refractivity (Wildman–Crippen MR) is 71.9 cm³/mol. The first kappa shape index (κ1) is 12.3. The third-order valence-corrected chi connectivity index (χ3v) is 4.03. The molecule has 1 saturated heterocycles. The van der Waals surface area contributed by atoms with E-state index in [2.05, 4.69) is 10.6 Å². The molecule has 2 unspecified atom stereocenters. The van der Waals surface area contributed by atoms with Crippen molar-refractivity contribution in [3.8, 4) is 11.5 Å². The Labute approximate surface area is 112 Å². The van der Waals surface area contributed by atoms with Crippen molar-refractivity contribution >= 4 is 11.6 Å². The van der Waals surface area contributed by atoms with Gasteiger partial charge in [-0.2, -0.15) is 0 Å². The zero-order valence-electron chi connectivity index (χ0n) is 11.2. The van der Waals surface area contributed by atoms with Crippen LogP contribution < -0.4 is 20.1 Å². The van der Waals surface area contributed by atoms with Crippen LogP contribution in [0.4, 0.5) is 5.69 Å². The van der Waals surface area contributed by atoms with Crippen LogP contribution in [0.1, 0.15) is 17.9 Å². The number of carbonyl (C=O) groups excluding carboxylic acids is 1. The summed E-state index contributed by atoms with van der Waals surface area (Å²) in [6.45, 7) is 1.73. The number of amides is 1. The highest BCUT2D eigenvalue weighted by molar-refractivity contribution is 5.97. The van der Waals surface area contributed by atoms with Crippen LogP contribution >= 0.6 is 0 Å². The number of fused-ring (bicyclic) bond motifs is 3. The molecule has 1 aromatic carbocycles. The molecule has 1 aromatic rings. The van der Waals surface area contributed by atoms with Crippen LogP contribution in [0, 0.1) is 5.92 Å². The van der Waals surface area contributed by atoms with Gasteiger partial charge in [0.15, 0.2) is 11.5 Å². The van der Waals surface area contributed by atoms with E-state index < -0.39 is 0 Å². The second-order valence-electron chi connectivity index (χ2n) is 4.99. The van der Waals surface area contributed by atoms with E-state index in [1.165, 1.54) is 0 Å². The molecule has 0 aliphatic carbocycles. The third kappa shape index (κ3) is 1.94. The maximum absolute atomic E-state index is 12.1. The van der Waals surface area contributed by atoms with Crippen LogP contribution in [0.3, 0.4) is 0 Å². The molecule has 0 spiro atoms. The number of hydrogen-bond donors (Lipinski definition) is 2. The van der Waals surface area contributed by atoms with Crippen LogP contribution in [0.2, 0.25) is 0 Å². The molecule has 0 bridgehead atoms. The summed E-state index contributed by atoms with van der Waals surface area (Å²) in [7, 11) is 3.22. The lowest BCUT2D eigenvalue weighted by Gasteiger charge is -2.37. The van der Waals surface area contributed by atoms with Crippen molar-refractivity contribution in [1.82, 2.24) is 5.32 Å². The van der Waals surface area contributed by atoms with E-state index in [0.29, 0.717) is 11.5 Å². The van der Waals surface area contributed by atoms with Crippen molar-refractivity contribution in [2.24, 2.45) is 5.92 Å². The standard InChI is InChI=1S/C14H18N2O3/c1-18-12-5-9-10-7-15-4-3-8(10)14(17)16-11(9)6-13(12)19-2/h5-6,8,10,15H,3-4,7H2,1-2H3,(H,16,17). The molecule has 2 N–H and O–H groups in total. The summed E-state index contributed by atoms with van der Waals surface area (Å²) < 4.78 is 10.6. The molecule has 2 aliphatic rings. The van der Waals surface area contributed by atoms with Crippen LogP contribution in [-0.2, 0) is 4.79 Å². The third-order valence-electron chi connectivity index (χ3n) is 4.03. The van der Waals surface area contributed by atoms with Crippen LogP contribution in [0.15, 0.2) is 12.1 Å². The van der Waals surface area contributed by atoms with E-state index in [1.807, 2.05) is 12.1 Å². The minimum atomic E-state index is 0.0619. The van der Waals surface area contributed by atoms with E-state index in [4.69, 9.17) is 9.47 Å². The molecule has 5 heteroatoms. The minimum absolute atomic E-state index is 0.0619. The maximum Gasteiger partial charge on any atom is 0.228 e. The monoisotopic (exact) mass is 262 g/mol. The fourth-order valence-electron chi connectivity index (χ4n) is 3.03. The molecular weight excluding hydrogens is 244 g/mol. The van der Waals surface area contributed by atoms with Crippen molar-refractivity contribution < 1.29 is 14.3 Å². The molecule has 2 aliphatic heterocycles. The van der Waals surface area contributed by atoms with Gasteiger partial charge in [-0.1, -0.05) is 0 Å².